The van der Waals surface area contributed by atoms with E-state index in [1.165, 1.54) is 12.3 Å². The van der Waals surface area contributed by atoms with Gasteiger partial charge in [0.15, 0.2) is 5.82 Å². The molecule has 3 aliphatic rings. The zero-order valence-electron chi connectivity index (χ0n) is 15.2. The second-order valence-corrected chi connectivity index (χ2v) is 8.07. The maximum Gasteiger partial charge on any atom is 0.258 e. The number of halogens is 2. The minimum absolute atomic E-state index is 0.000872. The van der Waals surface area contributed by atoms with Crippen molar-refractivity contribution in [1.29, 1.82) is 0 Å². The molecule has 1 spiro atoms. The van der Waals surface area contributed by atoms with Gasteiger partial charge in [-0.1, -0.05) is 0 Å². The molecule has 9 heteroatoms. The van der Waals surface area contributed by atoms with Crippen LogP contribution in [0, 0.1) is 5.82 Å². The third kappa shape index (κ3) is 2.42. The molecule has 6 rings (SSSR count). The molecule has 3 aromatic rings. The van der Waals surface area contributed by atoms with Crippen molar-refractivity contribution in [2.45, 2.75) is 31.1 Å². The fraction of sp³-hybridized carbons (Fsp3) is 0.300. The van der Waals surface area contributed by atoms with Crippen LogP contribution in [-0.2, 0) is 18.3 Å². The van der Waals surface area contributed by atoms with Gasteiger partial charge in [0.1, 0.15) is 0 Å². The summed E-state index contributed by atoms with van der Waals surface area (Å²) in [6.45, 7) is 0.632. The van der Waals surface area contributed by atoms with Gasteiger partial charge in [0.25, 0.3) is 11.8 Å². The van der Waals surface area contributed by atoms with Crippen LogP contribution < -0.4 is 10.1 Å². The molecule has 0 saturated heterocycles. The molecule has 1 aliphatic heterocycles. The minimum atomic E-state index is -0.581. The molecule has 0 aromatic carbocycles. The van der Waals surface area contributed by atoms with E-state index in [0.29, 0.717) is 36.2 Å². The molecule has 0 atom stereocenters. The largest absolute Gasteiger partial charge is 0.417 e. The minimum Gasteiger partial charge on any atom is -0.417 e. The van der Waals surface area contributed by atoms with E-state index in [-0.39, 0.29) is 28.4 Å². The van der Waals surface area contributed by atoms with E-state index in [4.69, 9.17) is 16.3 Å². The number of hydrogen-bond acceptors (Lipinski definition) is 5. The molecule has 29 heavy (non-hydrogen) atoms. The molecule has 3 aromatic heterocycles. The highest BCUT2D eigenvalue weighted by atomic mass is 35.5. The van der Waals surface area contributed by atoms with Gasteiger partial charge in [-0.15, -0.1) is 0 Å². The summed E-state index contributed by atoms with van der Waals surface area (Å²) in [6, 6.07) is 1.48. The number of nitrogens with one attached hydrogen (secondary N) is 2. The van der Waals surface area contributed by atoms with Gasteiger partial charge in [0.05, 0.1) is 11.3 Å². The van der Waals surface area contributed by atoms with E-state index in [0.717, 1.165) is 29.7 Å². The van der Waals surface area contributed by atoms with Gasteiger partial charge in [0.2, 0.25) is 11.2 Å². The van der Waals surface area contributed by atoms with Crippen LogP contribution in [0.1, 0.15) is 40.0 Å². The van der Waals surface area contributed by atoms with Gasteiger partial charge in [-0.3, -0.25) is 4.79 Å². The first-order chi connectivity index (χ1) is 14.1. The average molecular weight is 412 g/mol. The topological polar surface area (TPSA) is 92.8 Å². The molecular weight excluding hydrogens is 397 g/mol. The number of aryl methyl sites for hydroxylation is 1. The molecule has 2 N–H and O–H groups in total. The number of fused-ring (bicyclic) bond motifs is 6. The van der Waals surface area contributed by atoms with Crippen LogP contribution in [0.5, 0.6) is 11.8 Å². The SMILES string of the molecule is O=C1NCC2(CC2)c2[nH]c3c(c21)CCc1cnc(Oc2ccnc(Cl)n2)c(F)c1-3. The number of ether oxygens (including phenoxy) is 1. The molecule has 0 radical (unpaired) electrons. The Labute approximate surface area is 169 Å². The number of nitrogens with zero attached hydrogens (tertiary/aromatic N) is 3. The highest BCUT2D eigenvalue weighted by Gasteiger charge is 2.51. The van der Waals surface area contributed by atoms with Crippen LogP contribution in [0.4, 0.5) is 4.39 Å². The summed E-state index contributed by atoms with van der Waals surface area (Å²) in [5.41, 5.74) is 4.33. The number of hydrogen-bond donors (Lipinski definition) is 2. The third-order valence-corrected chi connectivity index (χ3v) is 6.25. The molecule has 146 valence electrons. The Morgan fingerprint density at radius 1 is 1.21 bits per heavy atom. The number of rotatable bonds is 2. The molecule has 1 amide bonds. The Hall–Kier alpha value is -3.00. The predicted octanol–water partition coefficient (Wildman–Crippen LogP) is 3.33. The molecule has 0 bridgehead atoms. The van der Waals surface area contributed by atoms with Crippen LogP contribution in [0.3, 0.4) is 0 Å². The highest BCUT2D eigenvalue weighted by molar-refractivity contribution is 6.28. The molecule has 4 heterocycles. The number of pyridine rings is 1. The van der Waals surface area contributed by atoms with Crippen molar-refractivity contribution in [3.05, 3.63) is 51.9 Å². The second-order valence-electron chi connectivity index (χ2n) is 7.74. The Bertz CT molecular complexity index is 1200. The lowest BCUT2D eigenvalue weighted by Crippen LogP contribution is -2.39. The summed E-state index contributed by atoms with van der Waals surface area (Å²) in [5.74, 6) is -0.749. The summed E-state index contributed by atoms with van der Waals surface area (Å²) >= 11 is 5.78. The van der Waals surface area contributed by atoms with Crippen LogP contribution in [0.2, 0.25) is 5.28 Å². The lowest BCUT2D eigenvalue weighted by Gasteiger charge is -2.23. The number of carbonyl (C=O) groups excluding carboxylic acids is 1. The van der Waals surface area contributed by atoms with E-state index < -0.39 is 5.82 Å². The van der Waals surface area contributed by atoms with Gasteiger partial charge in [-0.2, -0.15) is 4.98 Å². The summed E-state index contributed by atoms with van der Waals surface area (Å²) in [4.78, 5) is 27.8. The van der Waals surface area contributed by atoms with Crippen molar-refractivity contribution in [1.82, 2.24) is 25.3 Å². The first-order valence-corrected chi connectivity index (χ1v) is 9.81. The predicted molar refractivity (Wildman–Crippen MR) is 102 cm³/mol. The second kappa shape index (κ2) is 5.76. The Balaban J connectivity index is 1.49. The summed E-state index contributed by atoms with van der Waals surface area (Å²) in [7, 11) is 0. The quantitative estimate of drug-likeness (QED) is 0.631. The maximum absolute atomic E-state index is 15.5. The van der Waals surface area contributed by atoms with E-state index in [1.807, 2.05) is 0 Å². The van der Waals surface area contributed by atoms with E-state index >= 15 is 4.39 Å². The highest BCUT2D eigenvalue weighted by Crippen LogP contribution is 2.53. The number of amides is 1. The Kier molecular flexibility index (Phi) is 3.36. The van der Waals surface area contributed by atoms with Crippen molar-refractivity contribution in [2.24, 2.45) is 0 Å². The first kappa shape index (κ1) is 16.9. The number of carbonyl (C=O) groups is 1. The summed E-state index contributed by atoms with van der Waals surface area (Å²) < 4.78 is 21.0. The van der Waals surface area contributed by atoms with Gasteiger partial charge in [-0.05, 0) is 48.4 Å². The first-order valence-electron chi connectivity index (χ1n) is 9.43. The van der Waals surface area contributed by atoms with E-state index in [9.17, 15) is 4.79 Å². The lowest BCUT2D eigenvalue weighted by molar-refractivity contribution is 0.0936. The standard InChI is InChI=1S/C20H15ClFN5O2/c21-19-23-6-3-11(26-19)29-18-14(22)12-9(7-24-18)1-2-10-13-16(27-15(10)12)20(4-5-20)8-25-17(13)28/h3,6-7,27H,1-2,4-5,8H2,(H,25,28). The van der Waals surface area contributed by atoms with Crippen molar-refractivity contribution < 1.29 is 13.9 Å². The van der Waals surface area contributed by atoms with Gasteiger partial charge in [-0.25, -0.2) is 14.4 Å². The van der Waals surface area contributed by atoms with Gasteiger partial charge in [0, 0.05) is 41.7 Å². The number of H-pyrrole nitrogens is 1. The monoisotopic (exact) mass is 411 g/mol. The lowest BCUT2D eigenvalue weighted by atomic mass is 9.86. The summed E-state index contributed by atoms with van der Waals surface area (Å²) in [6.07, 6.45) is 6.36. The normalized spacial score (nSPS) is 17.9. The van der Waals surface area contributed by atoms with Crippen molar-refractivity contribution in [3.63, 3.8) is 0 Å². The van der Waals surface area contributed by atoms with Crippen LogP contribution in [0.15, 0.2) is 18.5 Å². The Morgan fingerprint density at radius 3 is 2.86 bits per heavy atom. The fourth-order valence-electron chi connectivity index (χ4n) is 4.43. The molecule has 7 nitrogen and oxygen atoms in total. The maximum atomic E-state index is 15.5. The smallest absolute Gasteiger partial charge is 0.258 e. The van der Waals surface area contributed by atoms with Crippen LogP contribution >= 0.6 is 11.6 Å². The fourth-order valence-corrected chi connectivity index (χ4v) is 4.57. The van der Waals surface area contributed by atoms with Crippen molar-refractivity contribution >= 4 is 17.5 Å². The van der Waals surface area contributed by atoms with Gasteiger partial charge >= 0.3 is 0 Å². The Morgan fingerprint density at radius 2 is 2.07 bits per heavy atom. The zero-order valence-corrected chi connectivity index (χ0v) is 15.9. The summed E-state index contributed by atoms with van der Waals surface area (Å²) in [5, 5.41) is 3.00. The number of aromatic amines is 1. The zero-order chi connectivity index (χ0) is 19.8. The van der Waals surface area contributed by atoms with Crippen LogP contribution in [0.25, 0.3) is 11.3 Å². The third-order valence-electron chi connectivity index (χ3n) is 6.06. The molecular formula is C20H15ClFN5O2. The number of aromatic nitrogens is 4. The molecule has 1 saturated carbocycles. The molecule has 1 fully saturated rings. The molecule has 0 unspecified atom stereocenters. The van der Waals surface area contributed by atoms with Crippen molar-refractivity contribution in [2.75, 3.05) is 6.54 Å². The van der Waals surface area contributed by atoms with Crippen molar-refractivity contribution in [3.8, 4) is 23.0 Å². The van der Waals surface area contributed by atoms with Gasteiger partial charge < -0.3 is 15.0 Å². The van der Waals surface area contributed by atoms with E-state index in [2.05, 4.69) is 25.3 Å². The van der Waals surface area contributed by atoms with Crippen LogP contribution in [-0.4, -0.2) is 32.4 Å². The average Bonchev–Trinajstić information content (AvgIpc) is 3.37. The van der Waals surface area contributed by atoms with E-state index in [1.54, 1.807) is 6.20 Å². The molecule has 2 aliphatic carbocycles.